The van der Waals surface area contributed by atoms with Crippen LogP contribution in [0.1, 0.15) is 26.2 Å². The van der Waals surface area contributed by atoms with Crippen molar-refractivity contribution in [1.29, 1.82) is 0 Å². The molecule has 0 aliphatic carbocycles. The van der Waals surface area contributed by atoms with Crippen molar-refractivity contribution in [2.45, 2.75) is 32.2 Å². The second kappa shape index (κ2) is 9.89. The van der Waals surface area contributed by atoms with E-state index in [9.17, 15) is 9.59 Å². The van der Waals surface area contributed by atoms with Crippen LogP contribution in [-0.4, -0.2) is 63.3 Å². The fourth-order valence-corrected chi connectivity index (χ4v) is 2.92. The van der Waals surface area contributed by atoms with E-state index in [1.54, 1.807) is 11.8 Å². The molecular weight excluding hydrogens is 332 g/mol. The molecule has 7 nitrogen and oxygen atoms in total. The van der Waals surface area contributed by atoms with Crippen molar-refractivity contribution in [3.63, 3.8) is 0 Å². The van der Waals surface area contributed by atoms with Crippen LogP contribution in [0.4, 0.5) is 16.2 Å². The highest BCUT2D eigenvalue weighted by atomic mass is 16.6. The van der Waals surface area contributed by atoms with Crippen molar-refractivity contribution in [3.05, 3.63) is 24.3 Å². The van der Waals surface area contributed by atoms with Gasteiger partial charge in [0.15, 0.2) is 0 Å². The fraction of sp³-hybridized carbons (Fsp3) is 0.579. The predicted molar refractivity (Wildman–Crippen MR) is 104 cm³/mol. The first-order valence-corrected chi connectivity index (χ1v) is 9.22. The highest BCUT2D eigenvalue weighted by Crippen LogP contribution is 2.15. The Labute approximate surface area is 155 Å². The van der Waals surface area contributed by atoms with E-state index in [1.807, 2.05) is 43.3 Å². The van der Waals surface area contributed by atoms with E-state index < -0.39 is 0 Å². The molecular formula is C19H30N4O3. The van der Waals surface area contributed by atoms with Crippen LogP contribution in [0.15, 0.2) is 24.3 Å². The van der Waals surface area contributed by atoms with Crippen molar-refractivity contribution in [2.24, 2.45) is 0 Å². The summed E-state index contributed by atoms with van der Waals surface area (Å²) in [6.45, 7) is 4.03. The van der Waals surface area contributed by atoms with Crippen molar-refractivity contribution >= 4 is 23.4 Å². The molecule has 1 aliphatic heterocycles. The third-order valence-corrected chi connectivity index (χ3v) is 4.45. The Morgan fingerprint density at radius 2 is 1.85 bits per heavy atom. The summed E-state index contributed by atoms with van der Waals surface area (Å²) < 4.78 is 5.00. The maximum Gasteiger partial charge on any atom is 0.409 e. The molecule has 26 heavy (non-hydrogen) atoms. The van der Waals surface area contributed by atoms with E-state index in [-0.39, 0.29) is 18.0 Å². The second-order valence-corrected chi connectivity index (χ2v) is 6.65. The van der Waals surface area contributed by atoms with Crippen LogP contribution in [-0.2, 0) is 9.53 Å². The molecule has 7 heteroatoms. The SMILES string of the molecule is CCOC(=O)N1CCC(NC(=O)CCNc2ccc(N(C)C)cc2)CC1. The maximum absolute atomic E-state index is 12.1. The average Bonchev–Trinajstić information content (AvgIpc) is 2.63. The van der Waals surface area contributed by atoms with Gasteiger partial charge in [0.1, 0.15) is 0 Å². The van der Waals surface area contributed by atoms with Gasteiger partial charge in [0.05, 0.1) is 6.61 Å². The summed E-state index contributed by atoms with van der Waals surface area (Å²) in [5.41, 5.74) is 2.15. The van der Waals surface area contributed by atoms with Crippen LogP contribution in [0, 0.1) is 0 Å². The summed E-state index contributed by atoms with van der Waals surface area (Å²) in [4.78, 5) is 27.5. The average molecular weight is 362 g/mol. The van der Waals surface area contributed by atoms with E-state index in [4.69, 9.17) is 4.74 Å². The van der Waals surface area contributed by atoms with Crippen molar-refractivity contribution in [1.82, 2.24) is 10.2 Å². The standard InChI is InChI=1S/C19H30N4O3/c1-4-26-19(25)23-13-10-16(11-14-23)21-18(24)9-12-20-15-5-7-17(8-6-15)22(2)3/h5-8,16,20H,4,9-14H2,1-3H3,(H,21,24). The number of likely N-dealkylation sites (tertiary alicyclic amines) is 1. The zero-order chi connectivity index (χ0) is 18.9. The minimum atomic E-state index is -0.262. The van der Waals surface area contributed by atoms with Gasteiger partial charge in [-0.2, -0.15) is 0 Å². The largest absolute Gasteiger partial charge is 0.450 e. The summed E-state index contributed by atoms with van der Waals surface area (Å²) in [5, 5.41) is 6.32. The Morgan fingerprint density at radius 3 is 2.42 bits per heavy atom. The molecule has 144 valence electrons. The first kappa shape index (κ1) is 19.9. The summed E-state index contributed by atoms with van der Waals surface area (Å²) in [5.74, 6) is 0.0389. The lowest BCUT2D eigenvalue weighted by molar-refractivity contribution is -0.121. The van der Waals surface area contributed by atoms with Gasteiger partial charge in [0, 0.05) is 57.6 Å². The molecule has 0 atom stereocenters. The monoisotopic (exact) mass is 362 g/mol. The number of hydrogen-bond acceptors (Lipinski definition) is 5. The summed E-state index contributed by atoms with van der Waals surface area (Å²) in [7, 11) is 4.01. The number of ether oxygens (including phenoxy) is 1. The number of amides is 2. The molecule has 0 bridgehead atoms. The maximum atomic E-state index is 12.1. The van der Waals surface area contributed by atoms with Gasteiger partial charge in [-0.3, -0.25) is 4.79 Å². The summed E-state index contributed by atoms with van der Waals surface area (Å²) >= 11 is 0. The van der Waals surface area contributed by atoms with E-state index in [2.05, 4.69) is 10.6 Å². The molecule has 0 unspecified atom stereocenters. The minimum absolute atomic E-state index is 0.0389. The van der Waals surface area contributed by atoms with Crippen LogP contribution in [0.3, 0.4) is 0 Å². The van der Waals surface area contributed by atoms with E-state index in [1.165, 1.54) is 0 Å². The molecule has 0 saturated carbocycles. The number of anilines is 2. The Morgan fingerprint density at radius 1 is 1.19 bits per heavy atom. The van der Waals surface area contributed by atoms with Crippen LogP contribution in [0.2, 0.25) is 0 Å². The van der Waals surface area contributed by atoms with E-state index in [0.29, 0.717) is 32.7 Å². The second-order valence-electron chi connectivity index (χ2n) is 6.65. The summed E-state index contributed by atoms with van der Waals surface area (Å²) in [6, 6.07) is 8.24. The molecule has 2 rings (SSSR count). The van der Waals surface area contributed by atoms with Crippen molar-refractivity contribution < 1.29 is 14.3 Å². The number of hydrogen-bond donors (Lipinski definition) is 2. The number of piperidine rings is 1. The Kier molecular flexibility index (Phi) is 7.56. The van der Waals surface area contributed by atoms with Crippen LogP contribution in [0.5, 0.6) is 0 Å². The lowest BCUT2D eigenvalue weighted by Crippen LogP contribution is -2.46. The molecule has 0 spiro atoms. The van der Waals surface area contributed by atoms with E-state index >= 15 is 0 Å². The van der Waals surface area contributed by atoms with Gasteiger partial charge in [0.2, 0.25) is 5.91 Å². The van der Waals surface area contributed by atoms with Crippen molar-refractivity contribution in [3.8, 4) is 0 Å². The molecule has 2 N–H and O–H groups in total. The van der Waals surface area contributed by atoms with Crippen LogP contribution in [0.25, 0.3) is 0 Å². The Bertz CT molecular complexity index is 581. The molecule has 1 aliphatic rings. The number of rotatable bonds is 7. The molecule has 1 fully saturated rings. The Balaban J connectivity index is 1.64. The molecule has 1 aromatic carbocycles. The highest BCUT2D eigenvalue weighted by Gasteiger charge is 2.24. The fourth-order valence-electron chi connectivity index (χ4n) is 2.92. The van der Waals surface area contributed by atoms with Gasteiger partial charge in [-0.25, -0.2) is 4.79 Å². The highest BCUT2D eigenvalue weighted by molar-refractivity contribution is 5.77. The number of nitrogens with zero attached hydrogens (tertiary/aromatic N) is 2. The number of carbonyl (C=O) groups is 2. The van der Waals surface area contributed by atoms with Gasteiger partial charge >= 0.3 is 6.09 Å². The van der Waals surface area contributed by atoms with Gasteiger partial charge in [-0.1, -0.05) is 0 Å². The third kappa shape index (κ3) is 6.13. The van der Waals surface area contributed by atoms with E-state index in [0.717, 1.165) is 24.2 Å². The first-order chi connectivity index (χ1) is 12.5. The summed E-state index contributed by atoms with van der Waals surface area (Å²) in [6.07, 6.45) is 1.70. The topological polar surface area (TPSA) is 73.9 Å². The van der Waals surface area contributed by atoms with Gasteiger partial charge in [-0.05, 0) is 44.0 Å². The van der Waals surface area contributed by atoms with Gasteiger partial charge in [0.25, 0.3) is 0 Å². The van der Waals surface area contributed by atoms with Gasteiger partial charge < -0.3 is 25.2 Å². The smallest absolute Gasteiger partial charge is 0.409 e. The first-order valence-electron chi connectivity index (χ1n) is 9.22. The molecule has 0 radical (unpaired) electrons. The lowest BCUT2D eigenvalue weighted by Gasteiger charge is -2.31. The molecule has 1 saturated heterocycles. The normalized spacial score (nSPS) is 14.7. The predicted octanol–water partition coefficient (Wildman–Crippen LogP) is 2.29. The van der Waals surface area contributed by atoms with Crippen molar-refractivity contribution in [2.75, 3.05) is 50.6 Å². The molecule has 1 heterocycles. The quantitative estimate of drug-likeness (QED) is 0.779. The molecule has 2 amide bonds. The minimum Gasteiger partial charge on any atom is -0.450 e. The number of benzene rings is 1. The zero-order valence-corrected chi connectivity index (χ0v) is 16.0. The lowest BCUT2D eigenvalue weighted by atomic mass is 10.1. The number of carbonyl (C=O) groups excluding carboxylic acids is 2. The molecule has 1 aromatic rings. The third-order valence-electron chi connectivity index (χ3n) is 4.45. The van der Waals surface area contributed by atoms with Gasteiger partial charge in [-0.15, -0.1) is 0 Å². The molecule has 0 aromatic heterocycles. The Hall–Kier alpha value is -2.44. The van der Waals surface area contributed by atoms with Crippen LogP contribution >= 0.6 is 0 Å². The zero-order valence-electron chi connectivity index (χ0n) is 16.0. The van der Waals surface area contributed by atoms with Crippen LogP contribution < -0.4 is 15.5 Å². The number of nitrogens with one attached hydrogen (secondary N) is 2.